The number of amides is 1. The Kier molecular flexibility index (Phi) is 6.75. The Bertz CT molecular complexity index is 444. The van der Waals surface area contributed by atoms with Gasteiger partial charge in [-0.15, -0.1) is 12.4 Å². The number of anilines is 1. The molecule has 1 fully saturated rings. The number of carbonyl (C=O) groups excluding carboxylic acids is 1. The van der Waals surface area contributed by atoms with E-state index in [1.807, 2.05) is 6.07 Å². The van der Waals surface area contributed by atoms with Crippen LogP contribution in [-0.2, 0) is 4.79 Å². The Morgan fingerprint density at radius 1 is 1.50 bits per heavy atom. The normalized spacial score (nSPS) is 18.3. The van der Waals surface area contributed by atoms with E-state index in [0.29, 0.717) is 13.0 Å². The van der Waals surface area contributed by atoms with Crippen LogP contribution >= 0.6 is 12.4 Å². The third-order valence-electron chi connectivity index (χ3n) is 3.33. The fourth-order valence-electron chi connectivity index (χ4n) is 2.43. The first-order valence-corrected chi connectivity index (χ1v) is 6.69. The highest BCUT2D eigenvalue weighted by Gasteiger charge is 2.21. The van der Waals surface area contributed by atoms with Gasteiger partial charge in [-0.1, -0.05) is 6.07 Å². The standard InChI is InChI=1S/C14H20FN3O.ClH/c15-11-3-1-5-13(9-11)18-8-2-4-12(10-18)17-14(19)6-7-16;/h1,3,5,9,12H,2,4,6-8,10,16H2,(H,17,19);1H. The summed E-state index contributed by atoms with van der Waals surface area (Å²) in [5.41, 5.74) is 6.23. The molecule has 0 spiro atoms. The lowest BCUT2D eigenvalue weighted by Crippen LogP contribution is -2.48. The van der Waals surface area contributed by atoms with Crippen molar-refractivity contribution in [2.75, 3.05) is 24.5 Å². The number of halogens is 2. The number of piperidine rings is 1. The van der Waals surface area contributed by atoms with E-state index < -0.39 is 0 Å². The summed E-state index contributed by atoms with van der Waals surface area (Å²) in [5, 5.41) is 2.98. The molecule has 112 valence electrons. The highest BCUT2D eigenvalue weighted by Crippen LogP contribution is 2.20. The van der Waals surface area contributed by atoms with E-state index in [1.165, 1.54) is 12.1 Å². The molecule has 6 heteroatoms. The zero-order chi connectivity index (χ0) is 13.7. The summed E-state index contributed by atoms with van der Waals surface area (Å²) in [5.74, 6) is -0.236. The largest absolute Gasteiger partial charge is 0.369 e. The monoisotopic (exact) mass is 301 g/mol. The van der Waals surface area contributed by atoms with E-state index in [4.69, 9.17) is 5.73 Å². The average Bonchev–Trinajstić information content (AvgIpc) is 2.39. The number of benzene rings is 1. The molecule has 0 saturated carbocycles. The van der Waals surface area contributed by atoms with Crippen molar-refractivity contribution in [1.82, 2.24) is 5.32 Å². The van der Waals surface area contributed by atoms with Crippen LogP contribution in [0.3, 0.4) is 0 Å². The highest BCUT2D eigenvalue weighted by atomic mass is 35.5. The summed E-state index contributed by atoms with van der Waals surface area (Å²) in [6.07, 6.45) is 2.31. The highest BCUT2D eigenvalue weighted by molar-refractivity contribution is 5.85. The number of rotatable bonds is 4. The van der Waals surface area contributed by atoms with Gasteiger partial charge in [0.05, 0.1) is 0 Å². The molecule has 0 radical (unpaired) electrons. The number of hydrogen-bond acceptors (Lipinski definition) is 3. The van der Waals surface area contributed by atoms with Crippen LogP contribution in [0.1, 0.15) is 19.3 Å². The maximum atomic E-state index is 13.2. The minimum atomic E-state index is -0.230. The lowest BCUT2D eigenvalue weighted by Gasteiger charge is -2.34. The first-order chi connectivity index (χ1) is 9.19. The molecule has 1 aliphatic rings. The lowest BCUT2D eigenvalue weighted by molar-refractivity contribution is -0.121. The summed E-state index contributed by atoms with van der Waals surface area (Å²) in [6.45, 7) is 1.98. The van der Waals surface area contributed by atoms with E-state index in [0.717, 1.165) is 31.6 Å². The fourth-order valence-corrected chi connectivity index (χ4v) is 2.43. The third kappa shape index (κ3) is 4.65. The Balaban J connectivity index is 0.00000200. The van der Waals surface area contributed by atoms with Crippen molar-refractivity contribution in [1.29, 1.82) is 0 Å². The molecule has 1 aliphatic heterocycles. The topological polar surface area (TPSA) is 58.4 Å². The molecule has 20 heavy (non-hydrogen) atoms. The molecule has 3 N–H and O–H groups in total. The van der Waals surface area contributed by atoms with Gasteiger partial charge in [0, 0.05) is 37.8 Å². The van der Waals surface area contributed by atoms with Gasteiger partial charge >= 0.3 is 0 Å². The second-order valence-electron chi connectivity index (χ2n) is 4.87. The van der Waals surface area contributed by atoms with Crippen LogP contribution in [0.2, 0.25) is 0 Å². The van der Waals surface area contributed by atoms with Gasteiger partial charge in [0.15, 0.2) is 0 Å². The zero-order valence-electron chi connectivity index (χ0n) is 11.3. The van der Waals surface area contributed by atoms with Crippen molar-refractivity contribution in [3.8, 4) is 0 Å². The van der Waals surface area contributed by atoms with Crippen LogP contribution in [0, 0.1) is 5.82 Å². The Labute approximate surface area is 124 Å². The van der Waals surface area contributed by atoms with Gasteiger partial charge in [-0.2, -0.15) is 0 Å². The van der Waals surface area contributed by atoms with Gasteiger partial charge < -0.3 is 16.0 Å². The summed E-state index contributed by atoms with van der Waals surface area (Å²) in [6, 6.07) is 6.70. The average molecular weight is 302 g/mol. The van der Waals surface area contributed by atoms with Crippen molar-refractivity contribution >= 4 is 24.0 Å². The molecule has 0 aliphatic carbocycles. The van der Waals surface area contributed by atoms with Crippen molar-refractivity contribution < 1.29 is 9.18 Å². The van der Waals surface area contributed by atoms with Crippen molar-refractivity contribution in [2.24, 2.45) is 5.73 Å². The number of nitrogens with two attached hydrogens (primary N) is 1. The van der Waals surface area contributed by atoms with E-state index >= 15 is 0 Å². The van der Waals surface area contributed by atoms with Crippen molar-refractivity contribution in [3.05, 3.63) is 30.1 Å². The zero-order valence-corrected chi connectivity index (χ0v) is 12.2. The molecular formula is C14H21ClFN3O. The summed E-state index contributed by atoms with van der Waals surface area (Å²) in [7, 11) is 0. The Hall–Kier alpha value is -1.33. The summed E-state index contributed by atoms with van der Waals surface area (Å²) >= 11 is 0. The van der Waals surface area contributed by atoms with Crippen molar-refractivity contribution in [3.63, 3.8) is 0 Å². The molecule has 2 rings (SSSR count). The van der Waals surface area contributed by atoms with E-state index in [-0.39, 0.29) is 30.2 Å². The van der Waals surface area contributed by atoms with Crippen LogP contribution in [0.5, 0.6) is 0 Å². The first-order valence-electron chi connectivity index (χ1n) is 6.69. The number of hydrogen-bond donors (Lipinski definition) is 2. The Morgan fingerprint density at radius 2 is 2.30 bits per heavy atom. The van der Waals surface area contributed by atoms with Crippen LogP contribution in [-0.4, -0.2) is 31.6 Å². The predicted octanol–water partition coefficient (Wildman–Crippen LogP) is 1.68. The Morgan fingerprint density at radius 3 is 3.00 bits per heavy atom. The van der Waals surface area contributed by atoms with Gasteiger partial charge in [-0.05, 0) is 31.0 Å². The lowest BCUT2D eigenvalue weighted by atomic mass is 10.0. The van der Waals surface area contributed by atoms with Crippen LogP contribution in [0.25, 0.3) is 0 Å². The smallest absolute Gasteiger partial charge is 0.221 e. The van der Waals surface area contributed by atoms with Gasteiger partial charge in [-0.3, -0.25) is 4.79 Å². The van der Waals surface area contributed by atoms with Crippen molar-refractivity contribution in [2.45, 2.75) is 25.3 Å². The fraction of sp³-hybridized carbons (Fsp3) is 0.500. The minimum absolute atomic E-state index is 0. The summed E-state index contributed by atoms with van der Waals surface area (Å²) in [4.78, 5) is 13.7. The molecule has 1 aromatic rings. The molecule has 1 aromatic carbocycles. The van der Waals surface area contributed by atoms with Gasteiger partial charge in [0.2, 0.25) is 5.91 Å². The molecule has 0 bridgehead atoms. The van der Waals surface area contributed by atoms with Gasteiger partial charge in [-0.25, -0.2) is 4.39 Å². The number of nitrogens with zero attached hydrogens (tertiary/aromatic N) is 1. The molecular weight excluding hydrogens is 281 g/mol. The van der Waals surface area contributed by atoms with Crippen LogP contribution < -0.4 is 16.0 Å². The van der Waals surface area contributed by atoms with Crippen LogP contribution in [0.4, 0.5) is 10.1 Å². The molecule has 1 heterocycles. The van der Waals surface area contributed by atoms with Crippen LogP contribution in [0.15, 0.2) is 24.3 Å². The molecule has 1 unspecified atom stereocenters. The quantitative estimate of drug-likeness (QED) is 0.889. The predicted molar refractivity (Wildman–Crippen MR) is 80.7 cm³/mol. The van der Waals surface area contributed by atoms with Gasteiger partial charge in [0.1, 0.15) is 5.82 Å². The molecule has 0 aromatic heterocycles. The molecule has 1 saturated heterocycles. The van der Waals surface area contributed by atoms with Gasteiger partial charge in [0.25, 0.3) is 0 Å². The number of nitrogens with one attached hydrogen (secondary N) is 1. The summed E-state index contributed by atoms with van der Waals surface area (Å²) < 4.78 is 13.2. The first kappa shape index (κ1) is 16.7. The SMILES string of the molecule is Cl.NCCC(=O)NC1CCCN(c2cccc(F)c2)C1. The maximum Gasteiger partial charge on any atom is 0.221 e. The molecule has 1 amide bonds. The second-order valence-corrected chi connectivity index (χ2v) is 4.87. The maximum absolute atomic E-state index is 13.2. The van der Waals surface area contributed by atoms with E-state index in [9.17, 15) is 9.18 Å². The van der Waals surface area contributed by atoms with E-state index in [1.54, 1.807) is 6.07 Å². The molecule has 1 atom stereocenters. The molecule has 4 nitrogen and oxygen atoms in total. The second kappa shape index (κ2) is 8.07. The minimum Gasteiger partial charge on any atom is -0.369 e. The third-order valence-corrected chi connectivity index (χ3v) is 3.33. The number of carbonyl (C=O) groups is 1. The van der Waals surface area contributed by atoms with E-state index in [2.05, 4.69) is 10.2 Å².